The van der Waals surface area contributed by atoms with Crippen molar-refractivity contribution in [2.24, 2.45) is 5.41 Å². The molecule has 2 N–H and O–H groups in total. The molecule has 1 aliphatic carbocycles. The molecule has 1 fully saturated rings. The van der Waals surface area contributed by atoms with Crippen LogP contribution in [-0.2, 0) is 14.8 Å². The number of hydrogen-bond donors (Lipinski definition) is 2. The topological polar surface area (TPSA) is 83.5 Å². The van der Waals surface area contributed by atoms with E-state index in [2.05, 4.69) is 4.72 Å². The van der Waals surface area contributed by atoms with Crippen molar-refractivity contribution in [1.29, 1.82) is 0 Å². The van der Waals surface area contributed by atoms with Crippen LogP contribution in [0, 0.1) is 12.3 Å². The van der Waals surface area contributed by atoms with Gasteiger partial charge in [-0.05, 0) is 31.9 Å². The molecule has 0 radical (unpaired) electrons. The van der Waals surface area contributed by atoms with Gasteiger partial charge in [0.05, 0.1) is 10.3 Å². The number of carboxylic acids is 1. The summed E-state index contributed by atoms with van der Waals surface area (Å²) in [5.41, 5.74) is 0.0533. The number of carbonyl (C=O) groups is 1. The molecular weight excluding hydrogens is 266 g/mol. The van der Waals surface area contributed by atoms with E-state index in [1.54, 1.807) is 12.1 Å². The van der Waals surface area contributed by atoms with E-state index in [0.29, 0.717) is 12.8 Å². The number of rotatable bonds is 5. The van der Waals surface area contributed by atoms with Gasteiger partial charge in [-0.15, -0.1) is 0 Å². The van der Waals surface area contributed by atoms with Crippen molar-refractivity contribution in [2.75, 3.05) is 6.54 Å². The summed E-state index contributed by atoms with van der Waals surface area (Å²) in [5.74, 6) is -0.926. The number of nitrogens with one attached hydrogen (secondary N) is 1. The molecule has 0 aromatic heterocycles. The lowest BCUT2D eigenvalue weighted by Crippen LogP contribution is -2.47. The highest BCUT2D eigenvalue weighted by Crippen LogP contribution is 2.40. The molecule has 0 heterocycles. The summed E-state index contributed by atoms with van der Waals surface area (Å²) in [6, 6.07) is 6.47. The van der Waals surface area contributed by atoms with Gasteiger partial charge < -0.3 is 5.11 Å². The second-order valence-electron chi connectivity index (χ2n) is 5.08. The van der Waals surface area contributed by atoms with E-state index in [0.717, 1.165) is 12.0 Å². The summed E-state index contributed by atoms with van der Waals surface area (Å²) in [4.78, 5) is 11.3. The van der Waals surface area contributed by atoms with Gasteiger partial charge in [0.15, 0.2) is 0 Å². The SMILES string of the molecule is Cc1ccc(S(=O)(=O)NCC2(C(=O)O)CCC2)cc1. The van der Waals surface area contributed by atoms with Crippen LogP contribution in [0.2, 0.25) is 0 Å². The van der Waals surface area contributed by atoms with Crippen molar-refractivity contribution in [1.82, 2.24) is 4.72 Å². The molecule has 0 amide bonds. The second kappa shape index (κ2) is 4.94. The molecule has 0 saturated heterocycles. The Bertz CT molecular complexity index is 573. The summed E-state index contributed by atoms with van der Waals surface area (Å²) in [6.45, 7) is 1.83. The lowest BCUT2D eigenvalue weighted by Gasteiger charge is -2.37. The molecule has 6 heteroatoms. The summed E-state index contributed by atoms with van der Waals surface area (Å²) in [7, 11) is -3.63. The highest BCUT2D eigenvalue weighted by atomic mass is 32.2. The highest BCUT2D eigenvalue weighted by molar-refractivity contribution is 7.89. The number of aliphatic carboxylic acids is 1. The largest absolute Gasteiger partial charge is 0.481 e. The van der Waals surface area contributed by atoms with Gasteiger partial charge in [-0.1, -0.05) is 24.1 Å². The van der Waals surface area contributed by atoms with Crippen molar-refractivity contribution in [3.63, 3.8) is 0 Å². The van der Waals surface area contributed by atoms with Crippen LogP contribution in [-0.4, -0.2) is 26.0 Å². The van der Waals surface area contributed by atoms with Gasteiger partial charge >= 0.3 is 5.97 Å². The molecular formula is C13H17NO4S. The third-order valence-electron chi connectivity index (χ3n) is 3.70. The highest BCUT2D eigenvalue weighted by Gasteiger charge is 2.44. The van der Waals surface area contributed by atoms with E-state index in [9.17, 15) is 13.2 Å². The van der Waals surface area contributed by atoms with E-state index in [4.69, 9.17) is 5.11 Å². The average Bonchev–Trinajstić information content (AvgIpc) is 2.27. The Labute approximate surface area is 112 Å². The number of hydrogen-bond acceptors (Lipinski definition) is 3. The number of aryl methyl sites for hydroxylation is 1. The van der Waals surface area contributed by atoms with Gasteiger partial charge in [0.25, 0.3) is 0 Å². The molecule has 1 saturated carbocycles. The van der Waals surface area contributed by atoms with Crippen molar-refractivity contribution in [2.45, 2.75) is 31.1 Å². The maximum atomic E-state index is 12.0. The molecule has 1 aliphatic rings. The van der Waals surface area contributed by atoms with E-state index >= 15 is 0 Å². The summed E-state index contributed by atoms with van der Waals surface area (Å²) >= 11 is 0. The van der Waals surface area contributed by atoms with Crippen molar-refractivity contribution < 1.29 is 18.3 Å². The molecule has 0 spiro atoms. The molecule has 2 rings (SSSR count). The maximum Gasteiger partial charge on any atom is 0.310 e. The van der Waals surface area contributed by atoms with Crippen LogP contribution in [0.1, 0.15) is 24.8 Å². The number of carboxylic acid groups (broad SMARTS) is 1. The Hall–Kier alpha value is -1.40. The van der Waals surface area contributed by atoms with E-state index in [-0.39, 0.29) is 11.4 Å². The van der Waals surface area contributed by atoms with Gasteiger partial charge in [-0.25, -0.2) is 13.1 Å². The van der Waals surface area contributed by atoms with Gasteiger partial charge in [0, 0.05) is 6.54 Å². The number of sulfonamides is 1. The standard InChI is InChI=1S/C13H17NO4S/c1-10-3-5-11(6-4-10)19(17,18)14-9-13(12(15)16)7-2-8-13/h3-6,14H,2,7-9H2,1H3,(H,15,16). The Morgan fingerprint density at radius 2 is 1.89 bits per heavy atom. The average molecular weight is 283 g/mol. The minimum absolute atomic E-state index is 0.0431. The smallest absolute Gasteiger partial charge is 0.310 e. The molecule has 0 aliphatic heterocycles. The van der Waals surface area contributed by atoms with Crippen LogP contribution in [0.5, 0.6) is 0 Å². The van der Waals surface area contributed by atoms with Crippen molar-refractivity contribution in [3.8, 4) is 0 Å². The van der Waals surface area contributed by atoms with Crippen LogP contribution in [0.3, 0.4) is 0 Å². The Morgan fingerprint density at radius 1 is 1.32 bits per heavy atom. The molecule has 1 aromatic carbocycles. The summed E-state index contributed by atoms with van der Waals surface area (Å²) in [5, 5.41) is 9.15. The molecule has 0 unspecified atom stereocenters. The summed E-state index contributed by atoms with van der Waals surface area (Å²) in [6.07, 6.45) is 1.88. The Morgan fingerprint density at radius 3 is 2.32 bits per heavy atom. The maximum absolute atomic E-state index is 12.0. The minimum Gasteiger partial charge on any atom is -0.481 e. The summed E-state index contributed by atoms with van der Waals surface area (Å²) < 4.78 is 26.5. The zero-order valence-corrected chi connectivity index (χ0v) is 11.5. The third-order valence-corrected chi connectivity index (χ3v) is 5.11. The predicted molar refractivity (Wildman–Crippen MR) is 70.3 cm³/mol. The van der Waals surface area contributed by atoms with Crippen LogP contribution >= 0.6 is 0 Å². The van der Waals surface area contributed by atoms with Gasteiger partial charge in [-0.3, -0.25) is 4.79 Å². The first kappa shape index (κ1) is 14.0. The minimum atomic E-state index is -3.63. The normalized spacial score (nSPS) is 17.7. The quantitative estimate of drug-likeness (QED) is 0.858. The van der Waals surface area contributed by atoms with Crippen LogP contribution in [0.25, 0.3) is 0 Å². The van der Waals surface area contributed by atoms with E-state index < -0.39 is 21.4 Å². The zero-order valence-electron chi connectivity index (χ0n) is 10.7. The first-order valence-corrected chi connectivity index (χ1v) is 7.64. The third kappa shape index (κ3) is 2.79. The van der Waals surface area contributed by atoms with Crippen LogP contribution in [0.4, 0.5) is 0 Å². The first-order valence-electron chi connectivity index (χ1n) is 6.15. The van der Waals surface area contributed by atoms with E-state index in [1.807, 2.05) is 6.92 Å². The van der Waals surface area contributed by atoms with Gasteiger partial charge in [0.1, 0.15) is 0 Å². The Balaban J connectivity index is 2.10. The predicted octanol–water partition coefficient (Wildman–Crippen LogP) is 1.53. The first-order chi connectivity index (χ1) is 8.86. The van der Waals surface area contributed by atoms with Crippen LogP contribution in [0.15, 0.2) is 29.2 Å². The van der Waals surface area contributed by atoms with Crippen molar-refractivity contribution >= 4 is 16.0 Å². The molecule has 0 atom stereocenters. The fraction of sp³-hybridized carbons (Fsp3) is 0.462. The lowest BCUT2D eigenvalue weighted by molar-refractivity contribution is -0.153. The fourth-order valence-electron chi connectivity index (χ4n) is 2.10. The monoisotopic (exact) mass is 283 g/mol. The fourth-order valence-corrected chi connectivity index (χ4v) is 3.23. The number of benzene rings is 1. The van der Waals surface area contributed by atoms with Crippen molar-refractivity contribution in [3.05, 3.63) is 29.8 Å². The molecule has 5 nitrogen and oxygen atoms in total. The van der Waals surface area contributed by atoms with Gasteiger partial charge in [-0.2, -0.15) is 0 Å². The zero-order chi connectivity index (χ0) is 14.1. The van der Waals surface area contributed by atoms with Crippen LogP contribution < -0.4 is 4.72 Å². The van der Waals surface area contributed by atoms with Gasteiger partial charge in [0.2, 0.25) is 10.0 Å². The molecule has 104 valence electrons. The second-order valence-corrected chi connectivity index (χ2v) is 6.84. The Kier molecular flexibility index (Phi) is 3.64. The lowest BCUT2D eigenvalue weighted by atomic mass is 9.69. The molecule has 1 aromatic rings. The van der Waals surface area contributed by atoms with E-state index in [1.165, 1.54) is 12.1 Å². The molecule has 0 bridgehead atoms. The molecule has 19 heavy (non-hydrogen) atoms.